The van der Waals surface area contributed by atoms with Crippen molar-refractivity contribution >= 4 is 51.6 Å². The quantitative estimate of drug-likeness (QED) is 0.601. The van der Waals surface area contributed by atoms with Crippen LogP contribution in [0.2, 0.25) is 0 Å². The minimum Gasteiger partial charge on any atom is -0.316 e. The van der Waals surface area contributed by atoms with Gasteiger partial charge in [-0.3, -0.25) is 4.79 Å². The molecule has 2 aromatic rings. The van der Waals surface area contributed by atoms with Crippen LogP contribution in [0.1, 0.15) is 45.1 Å². The molecule has 1 aliphatic heterocycles. The molecule has 4 rings (SSSR count). The highest BCUT2D eigenvalue weighted by Gasteiger charge is 2.26. The first kappa shape index (κ1) is 17.5. The zero-order chi connectivity index (χ0) is 18.4. The van der Waals surface area contributed by atoms with Gasteiger partial charge in [0.15, 0.2) is 0 Å². The summed E-state index contributed by atoms with van der Waals surface area (Å²) in [5, 5.41) is 12.3. The Balaban J connectivity index is 1.86. The lowest BCUT2D eigenvalue weighted by Gasteiger charge is -2.16. The highest BCUT2D eigenvalue weighted by Crippen LogP contribution is 2.39. The van der Waals surface area contributed by atoms with E-state index in [1.807, 2.05) is 13.0 Å². The summed E-state index contributed by atoms with van der Waals surface area (Å²) in [7, 11) is 0. The molecule has 2 aliphatic rings. The summed E-state index contributed by atoms with van der Waals surface area (Å²) in [5.74, 6) is -0.143. The molecule has 0 saturated carbocycles. The van der Waals surface area contributed by atoms with E-state index in [4.69, 9.17) is 12.2 Å². The van der Waals surface area contributed by atoms with E-state index in [1.165, 1.54) is 35.0 Å². The molecular formula is C19H17N3OS3. The van der Waals surface area contributed by atoms with Crippen molar-refractivity contribution in [2.45, 2.75) is 39.5 Å². The van der Waals surface area contributed by atoms with Crippen molar-refractivity contribution in [3.63, 3.8) is 0 Å². The van der Waals surface area contributed by atoms with E-state index in [0.717, 1.165) is 40.4 Å². The van der Waals surface area contributed by atoms with E-state index in [1.54, 1.807) is 11.3 Å². The maximum Gasteiger partial charge on any atom is 0.263 e. The number of nitriles is 1. The van der Waals surface area contributed by atoms with Gasteiger partial charge in [0.05, 0.1) is 10.6 Å². The maximum atomic E-state index is 12.0. The van der Waals surface area contributed by atoms with E-state index in [2.05, 4.69) is 28.9 Å². The highest BCUT2D eigenvalue weighted by molar-refractivity contribution is 8.26. The SMILES string of the molecule is Cc1cc(/C=C2/SC(=S)NC2=O)c(C)n1-c1c(C#N)sc2c1CCCC2. The fourth-order valence-electron chi connectivity index (χ4n) is 3.70. The minimum absolute atomic E-state index is 0.143. The van der Waals surface area contributed by atoms with Crippen molar-refractivity contribution in [3.8, 4) is 11.8 Å². The number of amides is 1. The topological polar surface area (TPSA) is 57.8 Å². The molecule has 3 heterocycles. The molecule has 0 radical (unpaired) electrons. The Kier molecular flexibility index (Phi) is 4.51. The van der Waals surface area contributed by atoms with E-state index < -0.39 is 0 Å². The molecule has 0 aromatic carbocycles. The Morgan fingerprint density at radius 1 is 1.35 bits per heavy atom. The van der Waals surface area contributed by atoms with Gasteiger partial charge in [-0.25, -0.2) is 0 Å². The lowest BCUT2D eigenvalue weighted by molar-refractivity contribution is -0.115. The second kappa shape index (κ2) is 6.69. The van der Waals surface area contributed by atoms with E-state index in [0.29, 0.717) is 9.23 Å². The molecule has 0 spiro atoms. The van der Waals surface area contributed by atoms with Gasteiger partial charge >= 0.3 is 0 Å². The van der Waals surface area contributed by atoms with E-state index >= 15 is 0 Å². The Hall–Kier alpha value is -1.88. The molecule has 1 fully saturated rings. The van der Waals surface area contributed by atoms with Crippen LogP contribution in [0.25, 0.3) is 11.8 Å². The van der Waals surface area contributed by atoms with Crippen molar-refractivity contribution < 1.29 is 4.79 Å². The van der Waals surface area contributed by atoms with Crippen LogP contribution >= 0.6 is 35.3 Å². The number of thiophene rings is 1. The molecule has 0 atom stereocenters. The molecule has 1 aliphatic carbocycles. The zero-order valence-corrected chi connectivity index (χ0v) is 17.0. The average molecular weight is 400 g/mol. The van der Waals surface area contributed by atoms with Crippen molar-refractivity contribution in [2.24, 2.45) is 0 Å². The number of thioether (sulfide) groups is 1. The largest absolute Gasteiger partial charge is 0.316 e. The number of aryl methyl sites for hydroxylation is 2. The molecule has 132 valence electrons. The number of nitrogens with one attached hydrogen (secondary N) is 1. The lowest BCUT2D eigenvalue weighted by Crippen LogP contribution is -2.17. The number of carbonyl (C=O) groups excluding carboxylic acids is 1. The molecule has 1 saturated heterocycles. The summed E-state index contributed by atoms with van der Waals surface area (Å²) < 4.78 is 2.68. The van der Waals surface area contributed by atoms with Crippen LogP contribution in [0, 0.1) is 25.2 Å². The normalized spacial score (nSPS) is 18.1. The number of hydrogen-bond acceptors (Lipinski definition) is 5. The number of rotatable bonds is 2. The van der Waals surface area contributed by atoms with Gasteiger partial charge in [-0.15, -0.1) is 11.3 Å². The van der Waals surface area contributed by atoms with Gasteiger partial charge < -0.3 is 9.88 Å². The number of hydrogen-bond donors (Lipinski definition) is 1. The summed E-state index contributed by atoms with van der Waals surface area (Å²) in [4.78, 5) is 14.7. The minimum atomic E-state index is -0.143. The Labute approximate surface area is 165 Å². The summed E-state index contributed by atoms with van der Waals surface area (Å²) in [6, 6.07) is 4.47. The fraction of sp³-hybridized carbons (Fsp3) is 0.316. The Morgan fingerprint density at radius 2 is 2.12 bits per heavy atom. The number of fused-ring (bicyclic) bond motifs is 1. The molecular weight excluding hydrogens is 382 g/mol. The molecule has 1 amide bonds. The molecule has 26 heavy (non-hydrogen) atoms. The fourth-order valence-corrected chi connectivity index (χ4v) is 5.91. The predicted octanol–water partition coefficient (Wildman–Crippen LogP) is 4.39. The Bertz CT molecular complexity index is 1020. The van der Waals surface area contributed by atoms with Crippen LogP contribution in [0.5, 0.6) is 0 Å². The average Bonchev–Trinajstić information content (AvgIpc) is 3.22. The number of carbonyl (C=O) groups is 1. The number of nitrogens with zero attached hydrogens (tertiary/aromatic N) is 2. The standard InChI is InChI=1S/C19H17N3OS3/c1-10-7-12(8-15-18(23)21-19(24)26-15)11(2)22(10)17-13-5-3-4-6-14(13)25-16(17)9-20/h7-8H,3-6H2,1-2H3,(H,21,23,24)/b15-8+. The van der Waals surface area contributed by atoms with Crippen LogP contribution in [0.15, 0.2) is 11.0 Å². The van der Waals surface area contributed by atoms with Gasteiger partial charge in [0.25, 0.3) is 5.91 Å². The van der Waals surface area contributed by atoms with Crippen molar-refractivity contribution in [1.29, 1.82) is 5.26 Å². The summed E-state index contributed by atoms with van der Waals surface area (Å²) in [6.07, 6.45) is 6.36. The summed E-state index contributed by atoms with van der Waals surface area (Å²) >= 11 is 8.00. The van der Waals surface area contributed by atoms with Gasteiger partial charge in [-0.05, 0) is 62.8 Å². The summed E-state index contributed by atoms with van der Waals surface area (Å²) in [5.41, 5.74) is 5.48. The maximum absolute atomic E-state index is 12.0. The van der Waals surface area contributed by atoms with Crippen LogP contribution in [-0.4, -0.2) is 14.8 Å². The highest BCUT2D eigenvalue weighted by atomic mass is 32.2. The monoisotopic (exact) mass is 399 g/mol. The molecule has 4 nitrogen and oxygen atoms in total. The van der Waals surface area contributed by atoms with Gasteiger partial charge in [-0.1, -0.05) is 24.0 Å². The van der Waals surface area contributed by atoms with Crippen LogP contribution in [0.3, 0.4) is 0 Å². The van der Waals surface area contributed by atoms with Gasteiger partial charge in [0.1, 0.15) is 15.3 Å². The third-order valence-electron chi connectivity index (χ3n) is 4.87. The van der Waals surface area contributed by atoms with E-state index in [9.17, 15) is 10.1 Å². The number of aromatic nitrogens is 1. The van der Waals surface area contributed by atoms with Gasteiger partial charge in [0, 0.05) is 16.3 Å². The summed E-state index contributed by atoms with van der Waals surface area (Å²) in [6.45, 7) is 4.10. The first-order valence-electron chi connectivity index (χ1n) is 8.48. The van der Waals surface area contributed by atoms with Crippen LogP contribution < -0.4 is 5.32 Å². The molecule has 1 N–H and O–H groups in total. The Morgan fingerprint density at radius 3 is 2.81 bits per heavy atom. The smallest absolute Gasteiger partial charge is 0.263 e. The second-order valence-electron chi connectivity index (χ2n) is 6.51. The first-order chi connectivity index (χ1) is 12.5. The molecule has 0 bridgehead atoms. The van der Waals surface area contributed by atoms with Crippen LogP contribution in [0.4, 0.5) is 0 Å². The third kappa shape index (κ3) is 2.82. The lowest BCUT2D eigenvalue weighted by atomic mass is 9.97. The predicted molar refractivity (Wildman–Crippen MR) is 111 cm³/mol. The zero-order valence-electron chi connectivity index (χ0n) is 14.5. The molecule has 0 unspecified atom stereocenters. The van der Waals surface area contributed by atoms with Gasteiger partial charge in [-0.2, -0.15) is 5.26 Å². The van der Waals surface area contributed by atoms with Crippen LogP contribution in [-0.2, 0) is 17.6 Å². The van der Waals surface area contributed by atoms with Crippen molar-refractivity contribution in [2.75, 3.05) is 0 Å². The number of thiocarbonyl (C=S) groups is 1. The second-order valence-corrected chi connectivity index (χ2v) is 9.34. The first-order valence-corrected chi connectivity index (χ1v) is 10.5. The molecule has 2 aromatic heterocycles. The van der Waals surface area contributed by atoms with Crippen molar-refractivity contribution in [3.05, 3.63) is 43.2 Å². The van der Waals surface area contributed by atoms with Crippen molar-refractivity contribution in [1.82, 2.24) is 9.88 Å². The molecule has 7 heteroatoms. The van der Waals surface area contributed by atoms with Gasteiger partial charge in [0.2, 0.25) is 0 Å². The third-order valence-corrected chi connectivity index (χ3v) is 7.22. The van der Waals surface area contributed by atoms with E-state index in [-0.39, 0.29) is 5.91 Å².